The Balaban J connectivity index is 1.93. The third kappa shape index (κ3) is 5.41. The average Bonchev–Trinajstić information content (AvgIpc) is 2.54. The van der Waals surface area contributed by atoms with Crippen molar-refractivity contribution in [3.63, 3.8) is 0 Å². The maximum absolute atomic E-state index is 12.8. The lowest BCUT2D eigenvalue weighted by atomic mass is 10.2. The van der Waals surface area contributed by atoms with Crippen LogP contribution in [0.4, 0.5) is 26.5 Å². The van der Waals surface area contributed by atoms with Gasteiger partial charge in [-0.2, -0.15) is 0 Å². The summed E-state index contributed by atoms with van der Waals surface area (Å²) >= 11 is 3.16. The molecule has 8 heteroatoms. The van der Waals surface area contributed by atoms with Crippen LogP contribution in [0.1, 0.15) is 5.56 Å². The van der Waals surface area contributed by atoms with Gasteiger partial charge in [0.25, 0.3) is 0 Å². The van der Waals surface area contributed by atoms with Gasteiger partial charge in [-0.15, -0.1) is 0 Å². The Kier molecular flexibility index (Phi) is 6.16. The van der Waals surface area contributed by atoms with Crippen molar-refractivity contribution in [3.05, 3.63) is 47.8 Å². The lowest BCUT2D eigenvalue weighted by Gasteiger charge is -2.10. The van der Waals surface area contributed by atoms with Crippen molar-refractivity contribution in [2.45, 2.75) is 6.54 Å². The molecule has 0 aliphatic rings. The maximum Gasteiger partial charge on any atom is 0.411 e. The molecule has 6 nitrogen and oxygen atoms in total. The van der Waals surface area contributed by atoms with Crippen LogP contribution in [0.25, 0.3) is 0 Å². The second kappa shape index (κ2) is 8.33. The number of nitrogens with zero attached hydrogens (tertiary/aromatic N) is 1. The molecule has 122 valence electrons. The second-order valence-corrected chi connectivity index (χ2v) is 5.35. The number of rotatable bonds is 6. The molecule has 0 aliphatic carbocycles. The van der Waals surface area contributed by atoms with E-state index in [4.69, 9.17) is 10.5 Å². The number of ether oxygens (including phenoxy) is 1. The predicted octanol–water partition coefficient (Wildman–Crippen LogP) is 3.36. The monoisotopic (exact) mass is 382 g/mol. The summed E-state index contributed by atoms with van der Waals surface area (Å²) in [7, 11) is 0. The summed E-state index contributed by atoms with van der Waals surface area (Å²) in [5.41, 5.74) is 7.09. The summed E-state index contributed by atoms with van der Waals surface area (Å²) in [6.07, 6.45) is -0.593. The number of carbonyl (C=O) groups excluding carboxylic acids is 1. The molecule has 0 unspecified atom stereocenters. The standard InChI is InChI=1S/C15H16BrFN4O2/c16-7-8-23-15(22)20-12-5-6-13(21-14(12)18)19-9-10-1-3-11(17)4-2-10/h1-6H,7-9H2,(H,20,22)(H3,18,19,21). The van der Waals surface area contributed by atoms with E-state index in [-0.39, 0.29) is 18.2 Å². The third-order valence-corrected chi connectivity index (χ3v) is 3.18. The summed E-state index contributed by atoms with van der Waals surface area (Å²) in [5, 5.41) is 6.14. The molecular weight excluding hydrogens is 367 g/mol. The Morgan fingerprint density at radius 2 is 2.00 bits per heavy atom. The number of anilines is 3. The Labute approximate surface area is 141 Å². The first-order chi connectivity index (χ1) is 11.1. The van der Waals surface area contributed by atoms with Crippen molar-refractivity contribution in [2.75, 3.05) is 28.3 Å². The molecule has 0 bridgehead atoms. The van der Waals surface area contributed by atoms with Crippen LogP contribution in [0.3, 0.4) is 0 Å². The summed E-state index contributed by atoms with van der Waals surface area (Å²) in [6.45, 7) is 0.739. The molecular formula is C15H16BrFN4O2. The highest BCUT2D eigenvalue weighted by molar-refractivity contribution is 9.09. The number of nitrogens with one attached hydrogen (secondary N) is 2. The van der Waals surface area contributed by atoms with Gasteiger partial charge in [0.05, 0.1) is 5.69 Å². The molecule has 0 saturated carbocycles. The van der Waals surface area contributed by atoms with Crippen LogP contribution < -0.4 is 16.4 Å². The molecule has 0 saturated heterocycles. The number of hydrogen-bond donors (Lipinski definition) is 3. The van der Waals surface area contributed by atoms with Crippen LogP contribution >= 0.6 is 15.9 Å². The molecule has 1 aromatic carbocycles. The van der Waals surface area contributed by atoms with Crippen molar-refractivity contribution >= 4 is 39.3 Å². The number of benzene rings is 1. The number of halogens is 2. The van der Waals surface area contributed by atoms with Gasteiger partial charge in [0.2, 0.25) is 0 Å². The van der Waals surface area contributed by atoms with E-state index in [1.54, 1.807) is 24.3 Å². The van der Waals surface area contributed by atoms with Crippen molar-refractivity contribution in [3.8, 4) is 0 Å². The van der Waals surface area contributed by atoms with Crippen LogP contribution in [-0.2, 0) is 11.3 Å². The zero-order valence-electron chi connectivity index (χ0n) is 12.2. The van der Waals surface area contributed by atoms with Crippen LogP contribution in [0, 0.1) is 5.82 Å². The van der Waals surface area contributed by atoms with Crippen molar-refractivity contribution < 1.29 is 13.9 Å². The van der Waals surface area contributed by atoms with Gasteiger partial charge in [-0.25, -0.2) is 14.2 Å². The van der Waals surface area contributed by atoms with Gasteiger partial charge in [0.1, 0.15) is 24.1 Å². The van der Waals surface area contributed by atoms with E-state index in [2.05, 4.69) is 31.5 Å². The molecule has 0 aliphatic heterocycles. The van der Waals surface area contributed by atoms with Crippen LogP contribution in [-0.4, -0.2) is 23.0 Å². The number of alkyl halides is 1. The predicted molar refractivity (Wildman–Crippen MR) is 91.1 cm³/mol. The van der Waals surface area contributed by atoms with Gasteiger partial charge in [0, 0.05) is 11.9 Å². The Morgan fingerprint density at radius 1 is 1.26 bits per heavy atom. The quantitative estimate of drug-likeness (QED) is 0.666. The highest BCUT2D eigenvalue weighted by atomic mass is 79.9. The molecule has 0 spiro atoms. The lowest BCUT2D eigenvalue weighted by molar-refractivity contribution is 0.169. The molecule has 1 amide bonds. The van der Waals surface area contributed by atoms with Gasteiger partial charge in [-0.3, -0.25) is 5.32 Å². The fraction of sp³-hybridized carbons (Fsp3) is 0.200. The number of nitrogen functional groups attached to an aromatic ring is 1. The molecule has 0 atom stereocenters. The topological polar surface area (TPSA) is 89.3 Å². The minimum absolute atomic E-state index is 0.171. The zero-order valence-corrected chi connectivity index (χ0v) is 13.8. The summed E-state index contributed by atoms with van der Waals surface area (Å²) in [6, 6.07) is 9.46. The molecule has 1 aromatic heterocycles. The van der Waals surface area contributed by atoms with E-state index < -0.39 is 6.09 Å². The number of pyridine rings is 1. The maximum atomic E-state index is 12.8. The van der Waals surface area contributed by atoms with Crippen LogP contribution in [0.5, 0.6) is 0 Å². The van der Waals surface area contributed by atoms with Crippen LogP contribution in [0.15, 0.2) is 36.4 Å². The number of hydrogen-bond acceptors (Lipinski definition) is 5. The first-order valence-electron chi connectivity index (χ1n) is 6.83. The highest BCUT2D eigenvalue weighted by Gasteiger charge is 2.08. The minimum Gasteiger partial charge on any atom is -0.448 e. The van der Waals surface area contributed by atoms with Gasteiger partial charge in [-0.1, -0.05) is 28.1 Å². The molecule has 4 N–H and O–H groups in total. The first kappa shape index (κ1) is 17.0. The van der Waals surface area contributed by atoms with E-state index in [0.717, 1.165) is 5.56 Å². The van der Waals surface area contributed by atoms with E-state index >= 15 is 0 Å². The fourth-order valence-electron chi connectivity index (χ4n) is 1.75. The lowest BCUT2D eigenvalue weighted by Crippen LogP contribution is -2.16. The minimum atomic E-state index is -0.593. The molecule has 2 aromatic rings. The zero-order chi connectivity index (χ0) is 16.7. The largest absolute Gasteiger partial charge is 0.448 e. The third-order valence-electron chi connectivity index (χ3n) is 2.86. The van der Waals surface area contributed by atoms with E-state index in [0.29, 0.717) is 23.4 Å². The summed E-state index contributed by atoms with van der Waals surface area (Å²) in [5.74, 6) is 0.439. The Hall–Kier alpha value is -2.35. The Morgan fingerprint density at radius 3 is 2.65 bits per heavy atom. The van der Waals surface area contributed by atoms with Crippen molar-refractivity contribution in [1.29, 1.82) is 0 Å². The Bertz CT molecular complexity index is 667. The van der Waals surface area contributed by atoms with E-state index in [9.17, 15) is 9.18 Å². The van der Waals surface area contributed by atoms with Gasteiger partial charge in [0.15, 0.2) is 0 Å². The smallest absolute Gasteiger partial charge is 0.411 e. The molecule has 23 heavy (non-hydrogen) atoms. The molecule has 2 rings (SSSR count). The van der Waals surface area contributed by atoms with Gasteiger partial charge in [-0.05, 0) is 29.8 Å². The van der Waals surface area contributed by atoms with Crippen molar-refractivity contribution in [2.24, 2.45) is 0 Å². The van der Waals surface area contributed by atoms with Gasteiger partial charge < -0.3 is 15.8 Å². The number of nitrogens with two attached hydrogens (primary N) is 1. The SMILES string of the molecule is Nc1nc(NCc2ccc(F)cc2)ccc1NC(=O)OCCBr. The average molecular weight is 383 g/mol. The van der Waals surface area contributed by atoms with E-state index in [1.165, 1.54) is 12.1 Å². The van der Waals surface area contributed by atoms with Crippen molar-refractivity contribution in [1.82, 2.24) is 4.98 Å². The number of carbonyl (C=O) groups is 1. The molecule has 0 radical (unpaired) electrons. The van der Waals surface area contributed by atoms with E-state index in [1.807, 2.05) is 0 Å². The van der Waals surface area contributed by atoms with Gasteiger partial charge >= 0.3 is 6.09 Å². The summed E-state index contributed by atoms with van der Waals surface area (Å²) in [4.78, 5) is 15.6. The molecule has 1 heterocycles. The second-order valence-electron chi connectivity index (χ2n) is 4.56. The molecule has 0 fully saturated rings. The highest BCUT2D eigenvalue weighted by Crippen LogP contribution is 2.19. The number of aromatic nitrogens is 1. The fourth-order valence-corrected chi connectivity index (χ4v) is 1.91. The normalized spacial score (nSPS) is 10.2. The summed E-state index contributed by atoms with van der Waals surface area (Å²) < 4.78 is 17.7. The van der Waals surface area contributed by atoms with Crippen LogP contribution in [0.2, 0.25) is 0 Å². The first-order valence-corrected chi connectivity index (χ1v) is 7.95. The number of amides is 1.